The minimum atomic E-state index is -1.12. The average molecular weight is 1960 g/mol. The molecule has 0 radical (unpaired) electrons. The minimum absolute atomic E-state index is 0. The van der Waals surface area contributed by atoms with Crippen molar-refractivity contribution in [1.29, 1.82) is 0 Å². The number of aliphatic hydroxyl groups is 4. The summed E-state index contributed by atoms with van der Waals surface area (Å²) in [5.74, 6) is 0.590. The number of phenols is 5. The second-order valence-corrected chi connectivity index (χ2v) is 46.1. The molecule has 0 aromatic heterocycles. The highest BCUT2D eigenvalue weighted by Gasteiger charge is 2.70. The van der Waals surface area contributed by atoms with Crippen molar-refractivity contribution in [3.05, 3.63) is 180 Å². The van der Waals surface area contributed by atoms with E-state index in [9.17, 15) is 74.7 Å². The molecule has 26 nitrogen and oxygen atoms in total. The van der Waals surface area contributed by atoms with Crippen molar-refractivity contribution in [2.24, 2.45) is 64.0 Å². The average Bonchev–Trinajstić information content (AvgIpc) is 0.693. The number of aromatic hydroxyl groups is 5. The van der Waals surface area contributed by atoms with Crippen LogP contribution in [0.3, 0.4) is 0 Å². The number of ketones is 1. The molecule has 26 heteroatoms. The van der Waals surface area contributed by atoms with E-state index in [1.54, 1.807) is 30.3 Å². The number of nitrogens with zero attached hydrogens (tertiary/aromatic N) is 5. The zero-order valence-corrected chi connectivity index (χ0v) is 81.1. The minimum Gasteiger partial charge on any atom is -0.507 e. The SMILES string of the molecule is C.C.C.C.C.C=C1CC[C@@]2(O)[C@H]3Cc4ccc(C(N)=O)c(O)c4[C@@]2(CCN3CC=C(C)C)C1.CC(C)=CCN1CC[C@]23CC(=O)CC[C@@]2(O)[C@H]1Cc1ccc(C(N)=O)c(O)c13.NC(=O)c1ccc2c(c1O)[C@@]13CCCC[C@H]1[C@@H](C2)N(CC1CCC1)CC3.NC(=O)c1ccc2c(c1O)[C@]13CCN(CC4CCC4)[C@H](C2)[C@@H]1CC[C@@H](O)C3.NC(=O)c1ccc2c(c1O)[C@]13CCN(CC4CCC4)[C@H](C2)[C@]1(O)CCC(N)C3. The molecule has 18 aliphatic rings. The van der Waals surface area contributed by atoms with Crippen molar-refractivity contribution >= 4 is 35.3 Å². The summed E-state index contributed by atoms with van der Waals surface area (Å²) in [5.41, 5.74) is 42.5. The largest absolute Gasteiger partial charge is 0.507 e. The quantitative estimate of drug-likeness (QED) is 0.0433. The van der Waals surface area contributed by atoms with Gasteiger partial charge in [-0.15, -0.1) is 0 Å². The molecule has 5 aliphatic heterocycles. The van der Waals surface area contributed by atoms with E-state index in [0.29, 0.717) is 106 Å². The molecule has 10 bridgehead atoms. The number of nitrogens with two attached hydrogens (primary N) is 6. The summed E-state index contributed by atoms with van der Waals surface area (Å²) in [4.78, 5) is 84.3. The number of hydrogen-bond acceptors (Lipinski definition) is 21. The molecule has 13 aliphatic carbocycles. The molecule has 0 spiro atoms. The second-order valence-electron chi connectivity index (χ2n) is 46.1. The van der Waals surface area contributed by atoms with Gasteiger partial charge < -0.3 is 80.4 Å². The molecule has 17 atom stereocenters. The topological polar surface area (TPSA) is 457 Å². The maximum absolute atomic E-state index is 12.5. The molecule has 1 unspecified atom stereocenters. The van der Waals surface area contributed by atoms with Gasteiger partial charge >= 0.3 is 0 Å². The Balaban J connectivity index is 0.000000140. The third-order valence-corrected chi connectivity index (χ3v) is 38.7. The molecule has 13 fully saturated rings. The third kappa shape index (κ3) is 17.8. The molecule has 23 rings (SSSR count). The highest BCUT2D eigenvalue weighted by atomic mass is 16.3. The molecule has 5 amide bonds. The summed E-state index contributed by atoms with van der Waals surface area (Å²) in [5, 5.41) is 102. The van der Waals surface area contributed by atoms with Crippen LogP contribution in [0.4, 0.5) is 0 Å². The van der Waals surface area contributed by atoms with Gasteiger partial charge in [0, 0.05) is 137 Å². The predicted octanol–water partition coefficient (Wildman–Crippen LogP) is 14.9. The van der Waals surface area contributed by atoms with E-state index in [0.717, 1.165) is 191 Å². The van der Waals surface area contributed by atoms with Gasteiger partial charge in [0.2, 0.25) is 0 Å². The molecule has 8 saturated carbocycles. The van der Waals surface area contributed by atoms with E-state index < -0.39 is 62.6 Å². The van der Waals surface area contributed by atoms with E-state index in [-0.39, 0.29) is 141 Å². The Morgan fingerprint density at radius 1 is 0.380 bits per heavy atom. The van der Waals surface area contributed by atoms with Crippen molar-refractivity contribution in [2.75, 3.05) is 65.4 Å². The van der Waals surface area contributed by atoms with Crippen LogP contribution in [0, 0.1) is 29.6 Å². The fraction of sp³-hybridized carbons (Fsp3) is 0.638. The van der Waals surface area contributed by atoms with Gasteiger partial charge in [-0.25, -0.2) is 0 Å². The molecule has 5 heterocycles. The number of benzene rings is 5. The van der Waals surface area contributed by atoms with Gasteiger partial charge in [-0.1, -0.05) is 135 Å². The highest BCUT2D eigenvalue weighted by Crippen LogP contribution is 2.67. The lowest BCUT2D eigenvalue weighted by Crippen LogP contribution is -2.74. The number of Topliss-reactive ketones (excluding diaryl/α,β-unsaturated/α-hetero) is 1. The van der Waals surface area contributed by atoms with E-state index >= 15 is 0 Å². The van der Waals surface area contributed by atoms with Gasteiger partial charge in [-0.05, 0) is 328 Å². The van der Waals surface area contributed by atoms with Crippen LogP contribution in [-0.4, -0.2) is 230 Å². The van der Waals surface area contributed by atoms with Crippen LogP contribution < -0.4 is 34.4 Å². The number of rotatable bonds is 15. The Morgan fingerprint density at radius 3 is 1.15 bits per heavy atom. The van der Waals surface area contributed by atoms with E-state index in [1.807, 2.05) is 24.3 Å². The van der Waals surface area contributed by atoms with Gasteiger partial charge in [-0.3, -0.25) is 53.3 Å². The van der Waals surface area contributed by atoms with Gasteiger partial charge in [-0.2, -0.15) is 0 Å². The lowest BCUT2D eigenvalue weighted by Gasteiger charge is -2.65. The van der Waals surface area contributed by atoms with E-state index in [1.165, 1.54) is 107 Å². The first-order valence-electron chi connectivity index (χ1n) is 51.9. The Morgan fingerprint density at radius 2 is 0.732 bits per heavy atom. The molecular formula is C116H169N11O15. The number of carbonyl (C=O) groups is 6. The highest BCUT2D eigenvalue weighted by molar-refractivity contribution is 5.99. The van der Waals surface area contributed by atoms with Gasteiger partial charge in [0.05, 0.1) is 50.7 Å². The van der Waals surface area contributed by atoms with Crippen molar-refractivity contribution in [1.82, 2.24) is 24.5 Å². The fourth-order valence-electron chi connectivity index (χ4n) is 31.5. The fourth-order valence-corrected chi connectivity index (χ4v) is 31.5. The number of carbonyl (C=O) groups excluding carboxylic acids is 6. The Kier molecular flexibility index (Phi) is 31.6. The molecule has 778 valence electrons. The van der Waals surface area contributed by atoms with Crippen molar-refractivity contribution in [3.8, 4) is 28.7 Å². The number of allylic oxidation sites excluding steroid dienone is 3. The van der Waals surface area contributed by atoms with Crippen LogP contribution >= 0.6 is 0 Å². The Bertz CT molecular complexity index is 5550. The zero-order chi connectivity index (χ0) is 96.9. The monoisotopic (exact) mass is 1960 g/mol. The van der Waals surface area contributed by atoms with Crippen LogP contribution in [0.2, 0.25) is 0 Å². The van der Waals surface area contributed by atoms with Crippen LogP contribution in [0.5, 0.6) is 28.7 Å². The Hall–Kier alpha value is -9.06. The van der Waals surface area contributed by atoms with Crippen molar-refractivity contribution in [3.63, 3.8) is 0 Å². The third-order valence-electron chi connectivity index (χ3n) is 38.7. The number of aliphatic hydroxyl groups excluding tert-OH is 1. The van der Waals surface area contributed by atoms with E-state index in [4.69, 9.17) is 34.4 Å². The Labute approximate surface area is 843 Å². The molecule has 5 saturated heterocycles. The lowest BCUT2D eigenvalue weighted by atomic mass is 9.48. The summed E-state index contributed by atoms with van der Waals surface area (Å²) >= 11 is 0. The molecule has 5 aromatic rings. The number of amides is 5. The molecule has 5 aromatic carbocycles. The van der Waals surface area contributed by atoms with Crippen molar-refractivity contribution < 1.29 is 74.7 Å². The number of primary amides is 5. The van der Waals surface area contributed by atoms with Gasteiger partial charge in [0.1, 0.15) is 34.5 Å². The van der Waals surface area contributed by atoms with Crippen molar-refractivity contribution in [2.45, 2.75) is 376 Å². The predicted molar refractivity (Wildman–Crippen MR) is 558 cm³/mol. The van der Waals surface area contributed by atoms with Crippen LogP contribution in [0.25, 0.3) is 0 Å². The summed E-state index contributed by atoms with van der Waals surface area (Å²) in [6.07, 6.45) is 36.7. The molecule has 21 N–H and O–H groups in total. The first-order chi connectivity index (χ1) is 65.3. The lowest BCUT2D eigenvalue weighted by molar-refractivity contribution is -0.172. The van der Waals surface area contributed by atoms with Crippen LogP contribution in [0.1, 0.15) is 365 Å². The van der Waals surface area contributed by atoms with Gasteiger partial charge in [0.25, 0.3) is 29.5 Å². The first kappa shape index (κ1) is 109. The molecular weight excluding hydrogens is 1790 g/mol. The van der Waals surface area contributed by atoms with Gasteiger partial charge in [0.15, 0.2) is 0 Å². The maximum atomic E-state index is 12.5. The summed E-state index contributed by atoms with van der Waals surface area (Å²) in [7, 11) is 0. The van der Waals surface area contributed by atoms with Crippen LogP contribution in [0.15, 0.2) is 96.1 Å². The first-order valence-corrected chi connectivity index (χ1v) is 51.9. The number of likely N-dealkylation sites (tertiary alicyclic amines) is 5. The maximum Gasteiger partial charge on any atom is 0.252 e. The number of fused-ring (bicyclic) bond motifs is 5. The zero-order valence-electron chi connectivity index (χ0n) is 81.1. The normalized spacial score (nSPS) is 32.9. The summed E-state index contributed by atoms with van der Waals surface area (Å²) in [6, 6.07) is 18.9. The standard InChI is InChI=1S/C23H30N2O3.C22H31N3O3.C22H28N2O4.C22H30N2O3.C22H30N2O2.5CH4/c1-14(2)7-10-25-11-9-22-13-15(3)6-8-23(22,28)18(25)12-16-4-5-17(21(24)27)20(26)19(16)22;23-15-6-7-22(28)17-10-14-4-5-16(20(24)27)19(26)18(14)21(22,11-15)8-9-25(17)12-13-2-1-3-13;1-13(2)6-9-24-10-8-21-12-15(25)5-7-22(21,28)17(24)11-14-3-4-16(20(23)27)19(26)18(14)21;23-21(27)16-6-4-14-10-18-17-7-5-15(25)11-22(17,19(14)20(16)26)8-9-24(18)12-13-2-1-3-13;23-21(26)16-8-7-15-12-18-17-6-1-2-9-22(17,19(15)20(16)25)10-11-24(18)13-14-4-3-5-14;;;;;/h4-5,7,18,26,28H,3,6,8-13H2,1-2H3,(H2,24,27);4-5,13,15,17,26,28H,1-3,6-12,23H2,(H2,24,27);3-4,6,17,26,28H,5,7-12H2,1-2H3,(H2,23,27);4,6,13,15,17-18,25-26H,1-3,5,7-12H2,(H2,23,27);7-8,14,17-18,25H,1-6,9-13H2,(H2,23,26);5*1H4/t18-,22-,23-;15?,17-,21-,22-;17-,21-,22-;15-,17+,18-,22+;17-,18+,22+;;;;;/m11110...../s1. The summed E-state index contributed by atoms with van der Waals surface area (Å²) in [6.45, 7) is 22.2. The summed E-state index contributed by atoms with van der Waals surface area (Å²) < 4.78 is 0. The number of hydrogen-bond donors (Lipinski definition) is 15. The van der Waals surface area contributed by atoms with E-state index in [2.05, 4.69) is 77.0 Å². The number of piperidine rings is 5. The van der Waals surface area contributed by atoms with Crippen LogP contribution in [-0.2, 0) is 64.0 Å². The second kappa shape index (κ2) is 41.3. The molecule has 142 heavy (non-hydrogen) atoms. The smallest absolute Gasteiger partial charge is 0.252 e.